The van der Waals surface area contributed by atoms with Crippen LogP contribution in [0.5, 0.6) is 11.5 Å². The van der Waals surface area contributed by atoms with Gasteiger partial charge in [0, 0.05) is 16.3 Å². The number of nitrogens with one attached hydrogen (secondary N) is 1. The highest BCUT2D eigenvalue weighted by atomic mass is 35.5. The van der Waals surface area contributed by atoms with E-state index in [1.165, 1.54) is 36.4 Å². The van der Waals surface area contributed by atoms with Crippen LogP contribution in [-0.2, 0) is 14.8 Å². The van der Waals surface area contributed by atoms with Gasteiger partial charge >= 0.3 is 5.97 Å². The first kappa shape index (κ1) is 30.1. The molecule has 0 atom stereocenters. The number of nitrogens with two attached hydrogens (primary N) is 1. The summed E-state index contributed by atoms with van der Waals surface area (Å²) < 4.78 is 44.7. The lowest BCUT2D eigenvalue weighted by atomic mass is 9.95. The zero-order valence-corrected chi connectivity index (χ0v) is 24.9. The van der Waals surface area contributed by atoms with Crippen molar-refractivity contribution in [2.75, 3.05) is 23.9 Å². The molecule has 1 aromatic heterocycles. The Morgan fingerprint density at radius 2 is 1.80 bits per heavy atom. The van der Waals surface area contributed by atoms with E-state index in [2.05, 4.69) is 9.82 Å². The summed E-state index contributed by atoms with van der Waals surface area (Å²) in [4.78, 5) is 26.8. The number of pyridine rings is 1. The number of anilines is 2. The molecule has 5 rings (SSSR count). The van der Waals surface area contributed by atoms with Gasteiger partial charge in [-0.15, -0.1) is 0 Å². The molecule has 2 heterocycles. The second-order valence-corrected chi connectivity index (χ2v) is 11.5. The van der Waals surface area contributed by atoms with Gasteiger partial charge in [0.1, 0.15) is 23.0 Å². The molecule has 3 N–H and O–H groups in total. The largest absolute Gasteiger partial charge is 0.462 e. The van der Waals surface area contributed by atoms with E-state index in [0.29, 0.717) is 27.6 Å². The van der Waals surface area contributed by atoms with Crippen molar-refractivity contribution >= 4 is 44.8 Å². The van der Waals surface area contributed by atoms with Crippen molar-refractivity contribution in [2.45, 2.75) is 18.7 Å². The maximum absolute atomic E-state index is 13.6. The van der Waals surface area contributed by atoms with Crippen LogP contribution in [0, 0.1) is 11.3 Å². The first-order chi connectivity index (χ1) is 21.0. The number of carbonyl (C=O) groups is 1. The van der Waals surface area contributed by atoms with Crippen LogP contribution in [0.2, 0.25) is 5.02 Å². The van der Waals surface area contributed by atoms with Crippen molar-refractivity contribution in [1.82, 2.24) is 4.68 Å². The van der Waals surface area contributed by atoms with Crippen LogP contribution >= 0.6 is 11.6 Å². The number of hydrogen-bond acceptors (Lipinski definition) is 10. The Morgan fingerprint density at radius 1 is 1.11 bits per heavy atom. The van der Waals surface area contributed by atoms with E-state index in [0.717, 1.165) is 4.68 Å². The van der Waals surface area contributed by atoms with Crippen molar-refractivity contribution in [3.63, 3.8) is 0 Å². The molecule has 0 spiro atoms. The van der Waals surface area contributed by atoms with E-state index in [1.54, 1.807) is 44.2 Å². The highest BCUT2D eigenvalue weighted by Gasteiger charge is 2.28. The number of carbonyl (C=O) groups excluding carboxylic acids is 1. The number of benzene rings is 3. The number of nitriles is 1. The maximum atomic E-state index is 13.6. The molecule has 0 bridgehead atoms. The summed E-state index contributed by atoms with van der Waals surface area (Å²) in [5.74, 6) is -0.355. The van der Waals surface area contributed by atoms with Crippen LogP contribution in [0.1, 0.15) is 35.3 Å². The van der Waals surface area contributed by atoms with Crippen LogP contribution in [0.15, 0.2) is 81.5 Å². The third-order valence-electron chi connectivity index (χ3n) is 6.57. The minimum absolute atomic E-state index is 0.00155. The minimum atomic E-state index is -3.87. The quantitative estimate of drug-likeness (QED) is 0.207. The summed E-state index contributed by atoms with van der Waals surface area (Å²) >= 11 is 5.85. The third-order valence-corrected chi connectivity index (χ3v) is 8.22. The van der Waals surface area contributed by atoms with Gasteiger partial charge in [-0.1, -0.05) is 29.8 Å². The second-order valence-electron chi connectivity index (χ2n) is 9.35. The molecule has 224 valence electrons. The summed E-state index contributed by atoms with van der Waals surface area (Å²) in [6.07, 6.45) is 0. The first-order valence-electron chi connectivity index (χ1n) is 13.0. The monoisotopic (exact) mass is 633 g/mol. The maximum Gasteiger partial charge on any atom is 0.342 e. The summed E-state index contributed by atoms with van der Waals surface area (Å²) in [5.41, 5.74) is 6.27. The molecule has 44 heavy (non-hydrogen) atoms. The minimum Gasteiger partial charge on any atom is -0.462 e. The highest BCUT2D eigenvalue weighted by molar-refractivity contribution is 7.92. The van der Waals surface area contributed by atoms with Gasteiger partial charge in [-0.3, -0.25) is 9.52 Å². The molecule has 0 amide bonds. The zero-order chi connectivity index (χ0) is 31.6. The lowest BCUT2D eigenvalue weighted by molar-refractivity contribution is 0.0527. The predicted octanol–water partition coefficient (Wildman–Crippen LogP) is 4.60. The molecule has 0 saturated heterocycles. The Bertz CT molecular complexity index is 2020. The normalized spacial score (nSPS) is 12.5. The van der Waals surface area contributed by atoms with Gasteiger partial charge in [0.15, 0.2) is 11.5 Å². The van der Waals surface area contributed by atoms with E-state index in [1.807, 2.05) is 6.07 Å². The van der Waals surface area contributed by atoms with Crippen molar-refractivity contribution in [2.24, 2.45) is 5.10 Å². The fraction of sp³-hybridized carbons (Fsp3) is 0.133. The zero-order valence-electron chi connectivity index (χ0n) is 23.3. The van der Waals surface area contributed by atoms with Crippen molar-refractivity contribution in [3.8, 4) is 28.7 Å². The lowest BCUT2D eigenvalue weighted by Crippen LogP contribution is -2.28. The van der Waals surface area contributed by atoms with E-state index >= 15 is 0 Å². The number of sulfonamides is 1. The fourth-order valence-electron chi connectivity index (χ4n) is 4.45. The number of aromatic nitrogens is 1. The average Bonchev–Trinajstić information content (AvgIpc) is 3.47. The Hall–Kier alpha value is -5.32. The molecule has 4 aromatic rings. The van der Waals surface area contributed by atoms with E-state index in [-0.39, 0.29) is 52.2 Å². The van der Waals surface area contributed by atoms with Gasteiger partial charge in [-0.2, -0.15) is 15.0 Å². The Morgan fingerprint density at radius 3 is 2.45 bits per heavy atom. The number of esters is 1. The molecule has 1 aliphatic rings. The van der Waals surface area contributed by atoms with E-state index in [9.17, 15) is 23.3 Å². The first-order valence-corrected chi connectivity index (χ1v) is 14.9. The molecule has 0 saturated carbocycles. The third kappa shape index (κ3) is 5.81. The van der Waals surface area contributed by atoms with Gasteiger partial charge < -0.3 is 19.9 Å². The van der Waals surface area contributed by atoms with Crippen LogP contribution in [0.3, 0.4) is 0 Å². The van der Waals surface area contributed by atoms with Crippen LogP contribution < -0.4 is 25.5 Å². The molecule has 1 aliphatic heterocycles. The highest BCUT2D eigenvalue weighted by Crippen LogP contribution is 2.38. The molecule has 3 aromatic carbocycles. The number of halogens is 1. The smallest absolute Gasteiger partial charge is 0.342 e. The van der Waals surface area contributed by atoms with Crippen molar-refractivity contribution in [1.29, 1.82) is 5.26 Å². The number of ether oxygens (including phenoxy) is 3. The molecule has 0 radical (unpaired) electrons. The summed E-state index contributed by atoms with van der Waals surface area (Å²) in [7, 11) is -3.87. The number of nitrogens with zero attached hydrogens (tertiary/aromatic N) is 3. The lowest BCUT2D eigenvalue weighted by Gasteiger charge is -2.17. The number of hydrogen-bond donors (Lipinski definition) is 2. The number of fused-ring (bicyclic) bond motifs is 1. The second kappa shape index (κ2) is 12.1. The van der Waals surface area contributed by atoms with Gasteiger partial charge in [-0.25, -0.2) is 13.2 Å². The van der Waals surface area contributed by atoms with Gasteiger partial charge in [-0.05, 0) is 73.5 Å². The Kier molecular flexibility index (Phi) is 8.30. The van der Waals surface area contributed by atoms with Crippen LogP contribution in [0.4, 0.5) is 11.5 Å². The molecule has 0 unspecified atom stereocenters. The molecular formula is C30H24ClN5O7S. The average molecular weight is 634 g/mol. The SMILES string of the molecule is CCOC(=O)c1c(-c2ccc3c(c2)OCO3)c(C#N)c(=O)n(/N=C(\C)c2ccc(NS(=O)(=O)c3ccc(Cl)cc3)cc2)c1N. The summed E-state index contributed by atoms with van der Waals surface area (Å²) in [6.45, 7) is 3.20. The summed E-state index contributed by atoms with van der Waals surface area (Å²) in [5, 5.41) is 14.8. The number of rotatable bonds is 8. The van der Waals surface area contributed by atoms with Crippen molar-refractivity contribution in [3.05, 3.63) is 98.8 Å². The predicted molar refractivity (Wildman–Crippen MR) is 164 cm³/mol. The van der Waals surface area contributed by atoms with Crippen LogP contribution in [0.25, 0.3) is 11.1 Å². The molecular weight excluding hydrogens is 610 g/mol. The van der Waals surface area contributed by atoms with E-state index < -0.39 is 21.6 Å². The molecule has 0 aliphatic carbocycles. The summed E-state index contributed by atoms with van der Waals surface area (Å²) in [6, 6.07) is 18.5. The Labute approximate surface area is 256 Å². The van der Waals surface area contributed by atoms with Gasteiger partial charge in [0.05, 0.1) is 17.2 Å². The Balaban J connectivity index is 1.54. The van der Waals surface area contributed by atoms with Gasteiger partial charge in [0.25, 0.3) is 15.6 Å². The number of nitrogen functional groups attached to an aromatic ring is 1. The molecule has 0 fully saturated rings. The van der Waals surface area contributed by atoms with Crippen molar-refractivity contribution < 1.29 is 27.4 Å². The van der Waals surface area contributed by atoms with E-state index in [4.69, 9.17) is 31.5 Å². The topological polar surface area (TPSA) is 175 Å². The van der Waals surface area contributed by atoms with Gasteiger partial charge in [0.2, 0.25) is 6.79 Å². The standard InChI is InChI=1S/C30H24ClN5O7S/c1-3-41-30(38)27-26(19-6-13-24-25(14-19)43-16-42-24)23(15-32)29(37)36(28(27)33)34-17(2)18-4-9-21(10-5-18)35-44(39,40)22-11-7-20(31)8-12-22/h4-14,35H,3,16,33H2,1-2H3/b34-17+. The fourth-order valence-corrected chi connectivity index (χ4v) is 5.63. The molecule has 14 heteroatoms. The molecule has 12 nitrogen and oxygen atoms in total. The van der Waals surface area contributed by atoms with Crippen LogP contribution in [-0.4, -0.2) is 38.2 Å².